The fourth-order valence-electron chi connectivity index (χ4n) is 3.88. The van der Waals surface area contributed by atoms with Crippen LogP contribution < -0.4 is 4.72 Å². The maximum Gasteiger partial charge on any atom is 0.279 e. The normalized spacial score (nSPS) is 29.1. The van der Waals surface area contributed by atoms with Gasteiger partial charge in [-0.2, -0.15) is 17.4 Å². The van der Waals surface area contributed by atoms with Crippen LogP contribution in [-0.4, -0.2) is 80.8 Å². The van der Waals surface area contributed by atoms with Gasteiger partial charge in [0.05, 0.1) is 0 Å². The predicted octanol–water partition coefficient (Wildman–Crippen LogP) is 0.105. The van der Waals surface area contributed by atoms with E-state index in [1.54, 1.807) is 7.05 Å². The third-order valence-corrected chi connectivity index (χ3v) is 7.36. The topological polar surface area (TPSA) is 73.0 Å². The van der Waals surface area contributed by atoms with Gasteiger partial charge in [-0.3, -0.25) is 9.69 Å². The summed E-state index contributed by atoms with van der Waals surface area (Å²) in [5.41, 5.74) is 0. The van der Waals surface area contributed by atoms with Crippen molar-refractivity contribution in [1.29, 1.82) is 0 Å². The Morgan fingerprint density at radius 3 is 2.58 bits per heavy atom. The highest BCUT2D eigenvalue weighted by Gasteiger charge is 2.44. The Hall–Kier alpha value is -0.700. The van der Waals surface area contributed by atoms with E-state index in [9.17, 15) is 13.2 Å². The van der Waals surface area contributed by atoms with E-state index in [1.165, 1.54) is 17.1 Å². The number of carbonyl (C=O) groups is 1. The summed E-state index contributed by atoms with van der Waals surface area (Å²) in [6, 6.07) is -0.00854. The second-order valence-corrected chi connectivity index (χ2v) is 9.20. The third kappa shape index (κ3) is 4.09. The average molecular weight is 359 g/mol. The number of rotatable bonds is 8. The van der Waals surface area contributed by atoms with Crippen LogP contribution in [0.1, 0.15) is 32.6 Å². The molecule has 2 aliphatic heterocycles. The van der Waals surface area contributed by atoms with E-state index in [0.29, 0.717) is 24.8 Å². The van der Waals surface area contributed by atoms with Gasteiger partial charge in [0.25, 0.3) is 10.2 Å². The molecule has 1 aliphatic carbocycles. The van der Waals surface area contributed by atoms with Crippen LogP contribution in [0.4, 0.5) is 0 Å². The number of nitrogens with zero attached hydrogens (tertiary/aromatic N) is 3. The van der Waals surface area contributed by atoms with Crippen molar-refractivity contribution in [3.05, 3.63) is 0 Å². The van der Waals surface area contributed by atoms with Gasteiger partial charge in [-0.05, 0) is 31.1 Å². The van der Waals surface area contributed by atoms with Crippen molar-refractivity contribution in [2.45, 2.75) is 38.6 Å². The summed E-state index contributed by atoms with van der Waals surface area (Å²) >= 11 is 0. The molecule has 0 radical (unpaired) electrons. The maximum atomic E-state index is 12.4. The molecule has 0 spiro atoms. The molecule has 3 aliphatic rings. The first-order valence-corrected chi connectivity index (χ1v) is 10.6. The minimum Gasteiger partial charge on any atom is -0.341 e. The minimum absolute atomic E-state index is 0.00854. The summed E-state index contributed by atoms with van der Waals surface area (Å²) in [6.07, 6.45) is 4.07. The highest BCUT2D eigenvalue weighted by atomic mass is 32.2. The molecule has 2 heterocycles. The lowest BCUT2D eigenvalue weighted by Gasteiger charge is -2.23. The van der Waals surface area contributed by atoms with Gasteiger partial charge in [0.2, 0.25) is 5.91 Å². The number of hydrogen-bond donors (Lipinski definition) is 1. The lowest BCUT2D eigenvalue weighted by Crippen LogP contribution is -2.47. The summed E-state index contributed by atoms with van der Waals surface area (Å²) in [6.45, 7) is 6.48. The van der Waals surface area contributed by atoms with Crippen molar-refractivity contribution >= 4 is 16.1 Å². The summed E-state index contributed by atoms with van der Waals surface area (Å²) in [4.78, 5) is 16.0. The van der Waals surface area contributed by atoms with Crippen molar-refractivity contribution in [2.75, 3.05) is 46.3 Å². The molecule has 1 saturated carbocycles. The summed E-state index contributed by atoms with van der Waals surface area (Å²) < 4.78 is 29.0. The van der Waals surface area contributed by atoms with Crippen LogP contribution >= 0.6 is 0 Å². The zero-order chi connectivity index (χ0) is 17.3. The van der Waals surface area contributed by atoms with Gasteiger partial charge in [0.15, 0.2) is 0 Å². The van der Waals surface area contributed by atoms with Gasteiger partial charge in [-0.15, -0.1) is 0 Å². The number of amides is 1. The second-order valence-electron chi connectivity index (χ2n) is 7.39. The summed E-state index contributed by atoms with van der Waals surface area (Å²) in [5.74, 6) is 1.32. The van der Waals surface area contributed by atoms with Crippen LogP contribution in [0, 0.1) is 11.8 Å². The molecule has 7 nitrogen and oxygen atoms in total. The quantitative estimate of drug-likeness (QED) is 0.668. The molecule has 138 valence electrons. The number of nitrogens with one attached hydrogen (secondary N) is 1. The van der Waals surface area contributed by atoms with Crippen molar-refractivity contribution in [2.24, 2.45) is 11.8 Å². The first-order chi connectivity index (χ1) is 11.4. The molecule has 24 heavy (non-hydrogen) atoms. The molecule has 0 aromatic heterocycles. The van der Waals surface area contributed by atoms with E-state index in [0.717, 1.165) is 39.1 Å². The average Bonchev–Trinajstić information content (AvgIpc) is 3.19. The molecule has 1 amide bonds. The van der Waals surface area contributed by atoms with E-state index < -0.39 is 10.2 Å². The highest BCUT2D eigenvalue weighted by Crippen LogP contribution is 2.41. The SMILES string of the molecule is CCN(C)S(=O)(=O)N[C@@H]1CN(CCN2CCCC2=O)C[C@H]1C1CC1. The molecule has 0 bridgehead atoms. The number of hydrogen-bond acceptors (Lipinski definition) is 4. The van der Waals surface area contributed by atoms with Crippen LogP contribution in [0.25, 0.3) is 0 Å². The van der Waals surface area contributed by atoms with Gasteiger partial charge in [-0.25, -0.2) is 0 Å². The molecule has 3 rings (SSSR count). The Balaban J connectivity index is 1.57. The van der Waals surface area contributed by atoms with Gasteiger partial charge >= 0.3 is 0 Å². The predicted molar refractivity (Wildman–Crippen MR) is 92.6 cm³/mol. The fraction of sp³-hybridized carbons (Fsp3) is 0.938. The highest BCUT2D eigenvalue weighted by molar-refractivity contribution is 7.87. The first kappa shape index (κ1) is 18.1. The van der Waals surface area contributed by atoms with Crippen LogP contribution in [0.3, 0.4) is 0 Å². The lowest BCUT2D eigenvalue weighted by atomic mass is 9.99. The van der Waals surface area contributed by atoms with Crippen molar-refractivity contribution in [3.8, 4) is 0 Å². The molecule has 0 aromatic carbocycles. The molecule has 2 atom stereocenters. The van der Waals surface area contributed by atoms with Crippen molar-refractivity contribution < 1.29 is 13.2 Å². The van der Waals surface area contributed by atoms with Crippen LogP contribution in [-0.2, 0) is 15.0 Å². The Bertz CT molecular complexity index is 564. The van der Waals surface area contributed by atoms with E-state index in [4.69, 9.17) is 0 Å². The van der Waals surface area contributed by atoms with E-state index in [1.807, 2.05) is 11.8 Å². The van der Waals surface area contributed by atoms with Gasteiger partial charge in [0.1, 0.15) is 0 Å². The Morgan fingerprint density at radius 2 is 2.00 bits per heavy atom. The zero-order valence-electron chi connectivity index (χ0n) is 14.8. The van der Waals surface area contributed by atoms with E-state index >= 15 is 0 Å². The minimum atomic E-state index is -3.40. The number of carbonyl (C=O) groups excluding carboxylic acids is 1. The molecule has 8 heteroatoms. The van der Waals surface area contributed by atoms with Crippen LogP contribution in [0.15, 0.2) is 0 Å². The fourth-order valence-corrected chi connectivity index (χ4v) is 5.03. The molecular formula is C16H30N4O3S. The van der Waals surface area contributed by atoms with Gasteiger partial charge in [-0.1, -0.05) is 6.92 Å². The third-order valence-electron chi connectivity index (χ3n) is 5.68. The van der Waals surface area contributed by atoms with Crippen LogP contribution in [0.2, 0.25) is 0 Å². The first-order valence-electron chi connectivity index (χ1n) is 9.14. The largest absolute Gasteiger partial charge is 0.341 e. The molecule has 0 aromatic rings. The monoisotopic (exact) mass is 358 g/mol. The second kappa shape index (κ2) is 7.27. The van der Waals surface area contributed by atoms with Crippen molar-refractivity contribution in [1.82, 2.24) is 18.8 Å². The van der Waals surface area contributed by atoms with Gasteiger partial charge < -0.3 is 4.90 Å². The lowest BCUT2D eigenvalue weighted by molar-refractivity contribution is -0.127. The zero-order valence-corrected chi connectivity index (χ0v) is 15.6. The molecular weight excluding hydrogens is 328 g/mol. The van der Waals surface area contributed by atoms with E-state index in [-0.39, 0.29) is 11.9 Å². The Morgan fingerprint density at radius 1 is 1.25 bits per heavy atom. The Kier molecular flexibility index (Phi) is 5.48. The number of likely N-dealkylation sites (tertiary alicyclic amines) is 2. The standard InChI is InChI=1S/C16H30N4O3S/c1-3-18(2)24(22,23)17-15-12-19(11-14(15)13-6-7-13)9-10-20-8-4-5-16(20)21/h13-15,17H,3-12H2,1-2H3/t14-,15+/m0/s1. The molecule has 0 unspecified atom stereocenters. The molecule has 3 fully saturated rings. The Labute approximate surface area is 145 Å². The summed E-state index contributed by atoms with van der Waals surface area (Å²) in [5, 5.41) is 0. The maximum absolute atomic E-state index is 12.4. The van der Waals surface area contributed by atoms with Gasteiger partial charge in [0, 0.05) is 58.8 Å². The van der Waals surface area contributed by atoms with Crippen molar-refractivity contribution in [3.63, 3.8) is 0 Å². The summed E-state index contributed by atoms with van der Waals surface area (Å²) in [7, 11) is -1.79. The molecule has 2 saturated heterocycles. The van der Waals surface area contributed by atoms with E-state index in [2.05, 4.69) is 9.62 Å². The van der Waals surface area contributed by atoms with Crippen LogP contribution in [0.5, 0.6) is 0 Å². The smallest absolute Gasteiger partial charge is 0.279 e. The molecule has 1 N–H and O–H groups in total.